The minimum Gasteiger partial charge on any atom is -0.507 e. The fourth-order valence-electron chi connectivity index (χ4n) is 3.02. The van der Waals surface area contributed by atoms with Gasteiger partial charge in [0.25, 0.3) is 5.91 Å². The van der Waals surface area contributed by atoms with Crippen LogP contribution in [0.3, 0.4) is 0 Å². The van der Waals surface area contributed by atoms with Gasteiger partial charge in [0.2, 0.25) is 0 Å². The molecule has 1 aromatic heterocycles. The smallest absolute Gasteiger partial charge is 0.341 e. The zero-order valence-corrected chi connectivity index (χ0v) is 16.4. The second kappa shape index (κ2) is 9.36. The van der Waals surface area contributed by atoms with Crippen molar-refractivity contribution >= 4 is 34.4 Å². The molecule has 1 amide bonds. The Morgan fingerprint density at radius 3 is 2.86 bits per heavy atom. The monoisotopic (exact) mass is 402 g/mol. The third-order valence-electron chi connectivity index (χ3n) is 4.30. The number of oxime groups is 1. The van der Waals surface area contributed by atoms with Gasteiger partial charge in [0.15, 0.2) is 6.61 Å². The number of anilines is 1. The van der Waals surface area contributed by atoms with E-state index in [9.17, 15) is 14.7 Å². The van der Waals surface area contributed by atoms with Crippen molar-refractivity contribution < 1.29 is 24.3 Å². The number of benzene rings is 1. The SMILES string of the molecule is CCOC(=O)c1c(NC(=O)CON=Cc2ccccc2O)sc2c1CCCC2. The predicted molar refractivity (Wildman–Crippen MR) is 107 cm³/mol. The number of nitrogens with zero attached hydrogens (tertiary/aromatic N) is 1. The van der Waals surface area contributed by atoms with Crippen molar-refractivity contribution in [3.05, 3.63) is 45.8 Å². The van der Waals surface area contributed by atoms with Crippen LogP contribution in [0.5, 0.6) is 5.75 Å². The summed E-state index contributed by atoms with van der Waals surface area (Å²) < 4.78 is 5.17. The molecule has 1 aromatic carbocycles. The van der Waals surface area contributed by atoms with Gasteiger partial charge in [-0.2, -0.15) is 0 Å². The number of aromatic hydroxyl groups is 1. The van der Waals surface area contributed by atoms with E-state index in [1.54, 1.807) is 25.1 Å². The molecule has 0 saturated carbocycles. The zero-order chi connectivity index (χ0) is 19.9. The number of amides is 1. The number of hydrogen-bond donors (Lipinski definition) is 2. The number of fused-ring (bicyclic) bond motifs is 1. The second-order valence-corrected chi connectivity index (χ2v) is 7.36. The molecule has 8 heteroatoms. The van der Waals surface area contributed by atoms with Gasteiger partial charge in [-0.1, -0.05) is 17.3 Å². The highest BCUT2D eigenvalue weighted by molar-refractivity contribution is 7.17. The van der Waals surface area contributed by atoms with Crippen LogP contribution in [0.15, 0.2) is 29.4 Å². The zero-order valence-electron chi connectivity index (χ0n) is 15.6. The summed E-state index contributed by atoms with van der Waals surface area (Å²) in [7, 11) is 0. The Morgan fingerprint density at radius 1 is 1.29 bits per heavy atom. The molecular formula is C20H22N2O5S. The van der Waals surface area contributed by atoms with Crippen molar-refractivity contribution in [2.24, 2.45) is 5.16 Å². The molecule has 1 heterocycles. The normalized spacial score (nSPS) is 13.2. The molecular weight excluding hydrogens is 380 g/mol. The van der Waals surface area contributed by atoms with Crippen LogP contribution in [0.4, 0.5) is 5.00 Å². The largest absolute Gasteiger partial charge is 0.507 e. The third-order valence-corrected chi connectivity index (χ3v) is 5.51. The van der Waals surface area contributed by atoms with E-state index in [0.717, 1.165) is 36.1 Å². The van der Waals surface area contributed by atoms with E-state index in [1.165, 1.54) is 23.6 Å². The molecule has 0 unspecified atom stereocenters. The summed E-state index contributed by atoms with van der Waals surface area (Å²) in [5.74, 6) is -0.753. The van der Waals surface area contributed by atoms with Crippen molar-refractivity contribution in [3.8, 4) is 5.75 Å². The number of carbonyl (C=O) groups is 2. The van der Waals surface area contributed by atoms with E-state index >= 15 is 0 Å². The number of phenolic OH excluding ortho intramolecular Hbond substituents is 1. The highest BCUT2D eigenvalue weighted by Crippen LogP contribution is 2.38. The molecule has 28 heavy (non-hydrogen) atoms. The Morgan fingerprint density at radius 2 is 2.07 bits per heavy atom. The van der Waals surface area contributed by atoms with Gasteiger partial charge in [-0.05, 0) is 50.3 Å². The minimum atomic E-state index is -0.418. The molecule has 1 aliphatic rings. The molecule has 0 atom stereocenters. The summed E-state index contributed by atoms with van der Waals surface area (Å²) in [6.45, 7) is 1.72. The van der Waals surface area contributed by atoms with Crippen molar-refractivity contribution in [3.63, 3.8) is 0 Å². The number of carbonyl (C=O) groups excluding carboxylic acids is 2. The van der Waals surface area contributed by atoms with Gasteiger partial charge in [-0.15, -0.1) is 11.3 Å². The van der Waals surface area contributed by atoms with Crippen LogP contribution in [0.1, 0.15) is 46.1 Å². The lowest BCUT2D eigenvalue weighted by atomic mass is 9.95. The maximum Gasteiger partial charge on any atom is 0.341 e. The predicted octanol–water partition coefficient (Wildman–Crippen LogP) is 3.50. The van der Waals surface area contributed by atoms with Gasteiger partial charge in [0.05, 0.1) is 18.4 Å². The second-order valence-electron chi connectivity index (χ2n) is 6.25. The van der Waals surface area contributed by atoms with Crippen LogP contribution in [0.25, 0.3) is 0 Å². The standard InChI is InChI=1S/C20H22N2O5S/c1-2-26-20(25)18-14-8-4-6-10-16(14)28-19(18)22-17(24)12-27-21-11-13-7-3-5-9-15(13)23/h3,5,7,9,11,23H,2,4,6,8,10,12H2,1H3,(H,22,24). The molecule has 0 radical (unpaired) electrons. The first-order chi connectivity index (χ1) is 13.6. The van der Waals surface area contributed by atoms with E-state index in [1.807, 2.05) is 0 Å². The number of esters is 1. The Balaban J connectivity index is 1.64. The molecule has 0 saturated heterocycles. The Bertz CT molecular complexity index is 891. The van der Waals surface area contributed by atoms with Crippen molar-refractivity contribution in [1.29, 1.82) is 0 Å². The van der Waals surface area contributed by atoms with E-state index in [-0.39, 0.29) is 19.0 Å². The number of rotatable bonds is 7. The number of nitrogens with one attached hydrogen (secondary N) is 1. The highest BCUT2D eigenvalue weighted by atomic mass is 32.1. The van der Waals surface area contributed by atoms with Gasteiger partial charge < -0.3 is 20.0 Å². The number of thiophene rings is 1. The number of phenols is 1. The third kappa shape index (κ3) is 4.69. The van der Waals surface area contributed by atoms with Crippen LogP contribution in [-0.2, 0) is 27.2 Å². The highest BCUT2D eigenvalue weighted by Gasteiger charge is 2.27. The molecule has 7 nitrogen and oxygen atoms in total. The lowest BCUT2D eigenvalue weighted by Gasteiger charge is -2.12. The summed E-state index contributed by atoms with van der Waals surface area (Å²) in [5, 5.41) is 16.6. The molecule has 0 fully saturated rings. The van der Waals surface area contributed by atoms with Crippen LogP contribution in [0.2, 0.25) is 0 Å². The summed E-state index contributed by atoms with van der Waals surface area (Å²) >= 11 is 1.42. The summed E-state index contributed by atoms with van der Waals surface area (Å²) in [5.41, 5.74) is 1.94. The van der Waals surface area contributed by atoms with E-state index in [0.29, 0.717) is 16.1 Å². The molecule has 0 bridgehead atoms. The van der Waals surface area contributed by atoms with Crippen molar-refractivity contribution in [1.82, 2.24) is 0 Å². The maximum absolute atomic E-state index is 12.4. The van der Waals surface area contributed by atoms with Gasteiger partial charge in [-0.3, -0.25) is 4.79 Å². The first-order valence-electron chi connectivity index (χ1n) is 9.15. The number of aryl methyl sites for hydroxylation is 1. The molecule has 2 N–H and O–H groups in total. The van der Waals surface area contributed by atoms with Crippen molar-refractivity contribution in [2.45, 2.75) is 32.6 Å². The number of ether oxygens (including phenoxy) is 1. The van der Waals surface area contributed by atoms with Crippen LogP contribution in [0, 0.1) is 0 Å². The molecule has 1 aliphatic carbocycles. The topological polar surface area (TPSA) is 97.2 Å². The fourth-order valence-corrected chi connectivity index (χ4v) is 4.32. The van der Waals surface area contributed by atoms with Crippen LogP contribution >= 0.6 is 11.3 Å². The molecule has 148 valence electrons. The van der Waals surface area contributed by atoms with Gasteiger partial charge >= 0.3 is 5.97 Å². The van der Waals surface area contributed by atoms with Gasteiger partial charge in [-0.25, -0.2) is 4.79 Å². The number of para-hydroxylation sites is 1. The summed E-state index contributed by atoms with van der Waals surface area (Å²) in [6.07, 6.45) is 5.15. The lowest BCUT2D eigenvalue weighted by Crippen LogP contribution is -2.19. The Kier molecular flexibility index (Phi) is 6.65. The lowest BCUT2D eigenvalue weighted by molar-refractivity contribution is -0.120. The minimum absolute atomic E-state index is 0.0718. The first-order valence-corrected chi connectivity index (χ1v) is 9.96. The quantitative estimate of drug-likeness (QED) is 0.420. The van der Waals surface area contributed by atoms with E-state index in [2.05, 4.69) is 10.5 Å². The maximum atomic E-state index is 12.4. The summed E-state index contributed by atoms with van der Waals surface area (Å²) in [6, 6.07) is 6.65. The van der Waals surface area contributed by atoms with Crippen LogP contribution in [-0.4, -0.2) is 36.4 Å². The number of hydrogen-bond acceptors (Lipinski definition) is 7. The van der Waals surface area contributed by atoms with Gasteiger partial charge in [0.1, 0.15) is 10.8 Å². The molecule has 3 rings (SSSR count). The Labute approximate surface area is 167 Å². The van der Waals surface area contributed by atoms with Crippen LogP contribution < -0.4 is 5.32 Å². The molecule has 0 spiro atoms. The van der Waals surface area contributed by atoms with Crippen molar-refractivity contribution in [2.75, 3.05) is 18.5 Å². The fraction of sp³-hybridized carbons (Fsp3) is 0.350. The van der Waals surface area contributed by atoms with E-state index in [4.69, 9.17) is 9.57 Å². The molecule has 2 aromatic rings. The first kappa shape index (κ1) is 19.9. The average molecular weight is 402 g/mol. The average Bonchev–Trinajstić information content (AvgIpc) is 3.04. The van der Waals surface area contributed by atoms with Gasteiger partial charge in [0, 0.05) is 10.4 Å². The van der Waals surface area contributed by atoms with E-state index < -0.39 is 11.9 Å². The summed E-state index contributed by atoms with van der Waals surface area (Å²) in [4.78, 5) is 30.8. The Hall–Kier alpha value is -2.87. The molecule has 0 aliphatic heterocycles.